The quantitative estimate of drug-likeness (QED) is 0.756. The number of nitrogens with one attached hydrogen (secondary N) is 1. The maximum atomic E-state index is 13.0. The molecule has 2 aliphatic rings. The standard InChI is InChI=1S/C21H32N2O4S/c1-6-26-21(25)18-16-8-7-12(2)9-17(16)28-20(18)22-19(24)15(5)23-10-13(3)27-14(4)11-23/h12-15H,6-11H2,1-5H3,(H,22,24)/t12-,13+,14+,15+/m1/s1. The summed E-state index contributed by atoms with van der Waals surface area (Å²) < 4.78 is 11.1. The van der Waals surface area contributed by atoms with Gasteiger partial charge >= 0.3 is 5.97 Å². The van der Waals surface area contributed by atoms with Crippen molar-refractivity contribution in [3.05, 3.63) is 16.0 Å². The van der Waals surface area contributed by atoms with Crippen molar-refractivity contribution in [2.24, 2.45) is 5.92 Å². The third kappa shape index (κ3) is 4.58. The van der Waals surface area contributed by atoms with E-state index in [1.54, 1.807) is 6.92 Å². The van der Waals surface area contributed by atoms with E-state index in [-0.39, 0.29) is 30.1 Å². The maximum absolute atomic E-state index is 13.0. The van der Waals surface area contributed by atoms with E-state index < -0.39 is 0 Å². The lowest BCUT2D eigenvalue weighted by molar-refractivity contribution is -0.126. The summed E-state index contributed by atoms with van der Waals surface area (Å²) in [4.78, 5) is 29.0. The molecule has 7 heteroatoms. The molecule has 2 heterocycles. The third-order valence-electron chi connectivity index (χ3n) is 5.60. The largest absolute Gasteiger partial charge is 0.462 e. The summed E-state index contributed by atoms with van der Waals surface area (Å²) >= 11 is 1.54. The minimum Gasteiger partial charge on any atom is -0.462 e. The van der Waals surface area contributed by atoms with Crippen LogP contribution in [-0.4, -0.2) is 54.7 Å². The first kappa shape index (κ1) is 21.3. The number of hydrogen-bond donors (Lipinski definition) is 1. The van der Waals surface area contributed by atoms with Crippen LogP contribution >= 0.6 is 11.3 Å². The molecule has 0 spiro atoms. The molecule has 1 aliphatic heterocycles. The zero-order chi connectivity index (χ0) is 20.4. The van der Waals surface area contributed by atoms with Gasteiger partial charge in [0.2, 0.25) is 5.91 Å². The molecule has 1 fully saturated rings. The van der Waals surface area contributed by atoms with Crippen LogP contribution in [0.1, 0.15) is 61.8 Å². The zero-order valence-electron chi connectivity index (χ0n) is 17.5. The van der Waals surface area contributed by atoms with Gasteiger partial charge in [-0.3, -0.25) is 9.69 Å². The van der Waals surface area contributed by atoms with E-state index >= 15 is 0 Å². The van der Waals surface area contributed by atoms with E-state index in [2.05, 4.69) is 17.1 Å². The van der Waals surface area contributed by atoms with Crippen LogP contribution in [0.3, 0.4) is 0 Å². The van der Waals surface area contributed by atoms with Crippen molar-refractivity contribution in [1.29, 1.82) is 0 Å². The van der Waals surface area contributed by atoms with E-state index in [0.29, 0.717) is 23.1 Å². The summed E-state index contributed by atoms with van der Waals surface area (Å²) in [6.07, 6.45) is 3.08. The van der Waals surface area contributed by atoms with Crippen LogP contribution in [0.25, 0.3) is 0 Å². The van der Waals surface area contributed by atoms with Crippen molar-refractivity contribution in [3.8, 4) is 0 Å². The van der Waals surface area contributed by atoms with E-state index in [1.165, 1.54) is 16.2 Å². The molecule has 1 amide bonds. The highest BCUT2D eigenvalue weighted by atomic mass is 32.1. The van der Waals surface area contributed by atoms with Gasteiger partial charge in [-0.1, -0.05) is 6.92 Å². The van der Waals surface area contributed by atoms with Crippen LogP contribution in [0.4, 0.5) is 5.00 Å². The van der Waals surface area contributed by atoms with E-state index in [4.69, 9.17) is 9.47 Å². The normalized spacial score (nSPS) is 26.4. The molecule has 3 rings (SSSR count). The average Bonchev–Trinajstić information content (AvgIpc) is 2.97. The summed E-state index contributed by atoms with van der Waals surface area (Å²) in [6, 6.07) is -0.290. The van der Waals surface area contributed by atoms with E-state index in [0.717, 1.165) is 37.9 Å². The van der Waals surface area contributed by atoms with Gasteiger partial charge in [0, 0.05) is 18.0 Å². The van der Waals surface area contributed by atoms with E-state index in [9.17, 15) is 9.59 Å². The molecule has 0 unspecified atom stereocenters. The third-order valence-corrected chi connectivity index (χ3v) is 6.77. The van der Waals surface area contributed by atoms with Crippen LogP contribution < -0.4 is 5.32 Å². The first-order valence-corrected chi connectivity index (χ1v) is 11.1. The van der Waals surface area contributed by atoms with Crippen molar-refractivity contribution >= 4 is 28.2 Å². The van der Waals surface area contributed by atoms with Crippen LogP contribution in [0, 0.1) is 5.92 Å². The number of ether oxygens (including phenoxy) is 2. The summed E-state index contributed by atoms with van der Waals surface area (Å²) in [5.74, 6) is 0.185. The van der Waals surface area contributed by atoms with Gasteiger partial charge in [0.25, 0.3) is 0 Å². The van der Waals surface area contributed by atoms with Crippen molar-refractivity contribution in [1.82, 2.24) is 4.90 Å². The fourth-order valence-electron chi connectivity index (χ4n) is 4.17. The lowest BCUT2D eigenvalue weighted by Gasteiger charge is -2.38. The summed E-state index contributed by atoms with van der Waals surface area (Å²) in [5.41, 5.74) is 1.64. The Kier molecular flexibility index (Phi) is 6.78. The molecule has 0 radical (unpaired) electrons. The van der Waals surface area contributed by atoms with Crippen LogP contribution in [-0.2, 0) is 27.1 Å². The highest BCUT2D eigenvalue weighted by Gasteiger charge is 2.32. The van der Waals surface area contributed by atoms with Gasteiger partial charge in [-0.25, -0.2) is 4.79 Å². The van der Waals surface area contributed by atoms with Gasteiger partial charge in [0.05, 0.1) is 30.4 Å². The number of carbonyl (C=O) groups excluding carboxylic acids is 2. The lowest BCUT2D eigenvalue weighted by Crippen LogP contribution is -2.52. The highest BCUT2D eigenvalue weighted by molar-refractivity contribution is 7.17. The number of anilines is 1. The Labute approximate surface area is 171 Å². The molecule has 0 saturated carbocycles. The van der Waals surface area contributed by atoms with Gasteiger partial charge in [-0.05, 0) is 58.4 Å². The molecule has 0 bridgehead atoms. The number of esters is 1. The topological polar surface area (TPSA) is 67.9 Å². The van der Waals surface area contributed by atoms with Gasteiger partial charge < -0.3 is 14.8 Å². The monoisotopic (exact) mass is 408 g/mol. The van der Waals surface area contributed by atoms with Gasteiger partial charge in [0.15, 0.2) is 0 Å². The summed E-state index contributed by atoms with van der Waals surface area (Å²) in [6.45, 7) is 11.8. The van der Waals surface area contributed by atoms with Crippen LogP contribution in [0.15, 0.2) is 0 Å². The molecule has 28 heavy (non-hydrogen) atoms. The number of morpholine rings is 1. The number of fused-ring (bicyclic) bond motifs is 1. The van der Waals surface area contributed by atoms with Crippen molar-refractivity contribution < 1.29 is 19.1 Å². The first-order valence-electron chi connectivity index (χ1n) is 10.3. The lowest BCUT2D eigenvalue weighted by atomic mass is 9.88. The minimum absolute atomic E-state index is 0.0847. The second-order valence-electron chi connectivity index (χ2n) is 8.15. The Morgan fingerprint density at radius 1 is 1.29 bits per heavy atom. The number of rotatable bonds is 5. The predicted molar refractivity (Wildman–Crippen MR) is 111 cm³/mol. The molecule has 1 N–H and O–H groups in total. The second kappa shape index (κ2) is 8.93. The minimum atomic E-state index is -0.328. The SMILES string of the molecule is CCOC(=O)c1c(NC(=O)[C@H](C)N2C[C@H](C)O[C@@H](C)C2)sc2c1CC[C@@H](C)C2. The maximum Gasteiger partial charge on any atom is 0.341 e. The summed E-state index contributed by atoms with van der Waals surface area (Å²) in [7, 11) is 0. The number of amides is 1. The van der Waals surface area contributed by atoms with Crippen molar-refractivity contribution in [3.63, 3.8) is 0 Å². The fraction of sp³-hybridized carbons (Fsp3) is 0.714. The van der Waals surface area contributed by atoms with Crippen molar-refractivity contribution in [2.45, 2.75) is 72.1 Å². The average molecular weight is 409 g/mol. The molecule has 6 nitrogen and oxygen atoms in total. The van der Waals surface area contributed by atoms with Gasteiger partial charge in [-0.2, -0.15) is 0 Å². The molecule has 4 atom stereocenters. The fourth-order valence-corrected chi connectivity index (χ4v) is 5.58. The molecule has 1 aliphatic carbocycles. The number of thiophene rings is 1. The molecular weight excluding hydrogens is 376 g/mol. The molecule has 1 aromatic rings. The molecule has 1 saturated heterocycles. The number of carbonyl (C=O) groups is 2. The Morgan fingerprint density at radius 2 is 1.96 bits per heavy atom. The summed E-state index contributed by atoms with van der Waals surface area (Å²) in [5, 5.41) is 3.69. The van der Waals surface area contributed by atoms with Gasteiger partial charge in [-0.15, -0.1) is 11.3 Å². The number of nitrogens with zero attached hydrogens (tertiary/aromatic N) is 1. The van der Waals surface area contributed by atoms with Crippen LogP contribution in [0.5, 0.6) is 0 Å². The number of hydrogen-bond acceptors (Lipinski definition) is 6. The zero-order valence-corrected chi connectivity index (χ0v) is 18.4. The first-order chi connectivity index (χ1) is 13.3. The van der Waals surface area contributed by atoms with Crippen molar-refractivity contribution in [2.75, 3.05) is 25.0 Å². The molecular formula is C21H32N2O4S. The van der Waals surface area contributed by atoms with Crippen LogP contribution in [0.2, 0.25) is 0 Å². The smallest absolute Gasteiger partial charge is 0.341 e. The Hall–Kier alpha value is -1.44. The Balaban J connectivity index is 1.80. The van der Waals surface area contributed by atoms with Gasteiger partial charge in [0.1, 0.15) is 5.00 Å². The second-order valence-corrected chi connectivity index (χ2v) is 9.26. The highest BCUT2D eigenvalue weighted by Crippen LogP contribution is 2.40. The predicted octanol–water partition coefficient (Wildman–Crippen LogP) is 3.49. The molecule has 156 valence electrons. The Morgan fingerprint density at radius 3 is 2.61 bits per heavy atom. The van der Waals surface area contributed by atoms with E-state index in [1.807, 2.05) is 20.8 Å². The Bertz CT molecular complexity index is 722. The molecule has 0 aromatic carbocycles. The molecule has 1 aromatic heterocycles.